The first-order valence-electron chi connectivity index (χ1n) is 9.53. The third-order valence-corrected chi connectivity index (χ3v) is 5.07. The molecule has 0 bridgehead atoms. The molecule has 1 fully saturated rings. The molecule has 1 aliphatic rings. The summed E-state index contributed by atoms with van der Waals surface area (Å²) in [5, 5.41) is 2.88. The zero-order valence-electron chi connectivity index (χ0n) is 15.9. The van der Waals surface area contributed by atoms with Gasteiger partial charge < -0.3 is 9.88 Å². The second kappa shape index (κ2) is 8.10. The van der Waals surface area contributed by atoms with Gasteiger partial charge in [-0.15, -0.1) is 0 Å². The molecule has 0 unspecified atom stereocenters. The number of carbonyl (C=O) groups is 1. The highest BCUT2D eigenvalue weighted by atomic mass is 16.1. The maximum Gasteiger partial charge on any atom is 0.256 e. The Morgan fingerprint density at radius 3 is 2.93 bits per heavy atom. The van der Waals surface area contributed by atoms with Crippen LogP contribution >= 0.6 is 0 Å². The second-order valence-electron chi connectivity index (χ2n) is 7.23. The maximum atomic E-state index is 12.6. The van der Waals surface area contributed by atoms with Crippen LogP contribution in [0.1, 0.15) is 46.3 Å². The highest BCUT2D eigenvalue weighted by Crippen LogP contribution is 2.28. The SMILES string of the molecule is Cc1ccc(C(=O)Nc2cn(CC3CCC3)cn2)cc1C#Cc1cccnc1. The zero-order valence-corrected chi connectivity index (χ0v) is 15.9. The first kappa shape index (κ1) is 18.0. The number of hydrogen-bond donors (Lipinski definition) is 1. The lowest BCUT2D eigenvalue weighted by Gasteiger charge is -2.25. The number of nitrogens with zero attached hydrogens (tertiary/aromatic N) is 3. The summed E-state index contributed by atoms with van der Waals surface area (Å²) in [6.07, 6.45) is 11.0. The Labute approximate surface area is 164 Å². The Balaban J connectivity index is 1.46. The van der Waals surface area contributed by atoms with Gasteiger partial charge in [-0.1, -0.05) is 24.3 Å². The van der Waals surface area contributed by atoms with E-state index in [2.05, 4.69) is 31.7 Å². The van der Waals surface area contributed by atoms with Gasteiger partial charge in [0, 0.05) is 41.8 Å². The molecular weight excluding hydrogens is 348 g/mol. The molecule has 0 saturated heterocycles. The van der Waals surface area contributed by atoms with Gasteiger partial charge >= 0.3 is 0 Å². The molecule has 140 valence electrons. The highest BCUT2D eigenvalue weighted by molar-refractivity contribution is 6.04. The lowest BCUT2D eigenvalue weighted by Crippen LogP contribution is -2.17. The van der Waals surface area contributed by atoms with Gasteiger partial charge in [0.1, 0.15) is 0 Å². The minimum absolute atomic E-state index is 0.182. The number of anilines is 1. The second-order valence-corrected chi connectivity index (χ2v) is 7.23. The molecule has 3 aromatic rings. The predicted molar refractivity (Wildman–Crippen MR) is 109 cm³/mol. The third kappa shape index (κ3) is 4.29. The number of nitrogens with one attached hydrogen (secondary N) is 1. The molecule has 28 heavy (non-hydrogen) atoms. The maximum absolute atomic E-state index is 12.6. The van der Waals surface area contributed by atoms with E-state index in [1.54, 1.807) is 18.7 Å². The average molecular weight is 370 g/mol. The molecule has 0 aliphatic heterocycles. The van der Waals surface area contributed by atoms with E-state index in [4.69, 9.17) is 0 Å². The largest absolute Gasteiger partial charge is 0.335 e. The average Bonchev–Trinajstić information content (AvgIpc) is 3.12. The van der Waals surface area contributed by atoms with Crippen LogP contribution in [-0.2, 0) is 6.54 Å². The molecule has 2 aromatic heterocycles. The Morgan fingerprint density at radius 2 is 2.18 bits per heavy atom. The van der Waals surface area contributed by atoms with Crippen molar-refractivity contribution in [2.45, 2.75) is 32.7 Å². The summed E-state index contributed by atoms with van der Waals surface area (Å²) in [4.78, 5) is 21.0. The van der Waals surface area contributed by atoms with Crippen LogP contribution in [0.5, 0.6) is 0 Å². The Bertz CT molecular complexity index is 1040. The molecule has 5 heteroatoms. The van der Waals surface area contributed by atoms with Crippen LogP contribution in [0.15, 0.2) is 55.2 Å². The van der Waals surface area contributed by atoms with Crippen LogP contribution in [0, 0.1) is 24.7 Å². The molecule has 0 atom stereocenters. The molecule has 1 saturated carbocycles. The van der Waals surface area contributed by atoms with Crippen molar-refractivity contribution in [2.24, 2.45) is 5.92 Å². The van der Waals surface area contributed by atoms with Gasteiger partial charge in [0.15, 0.2) is 5.82 Å². The summed E-state index contributed by atoms with van der Waals surface area (Å²) in [5.41, 5.74) is 3.26. The van der Waals surface area contributed by atoms with E-state index < -0.39 is 0 Å². The Kier molecular flexibility index (Phi) is 5.20. The van der Waals surface area contributed by atoms with E-state index in [9.17, 15) is 4.79 Å². The molecular formula is C23H22N4O. The van der Waals surface area contributed by atoms with E-state index in [0.29, 0.717) is 11.4 Å². The minimum atomic E-state index is -0.182. The fourth-order valence-electron chi connectivity index (χ4n) is 3.16. The Hall–Kier alpha value is -3.39. The highest BCUT2D eigenvalue weighted by Gasteiger charge is 2.18. The lowest BCUT2D eigenvalue weighted by atomic mass is 9.85. The molecule has 4 rings (SSSR count). The van der Waals surface area contributed by atoms with E-state index in [1.807, 2.05) is 43.5 Å². The molecule has 0 spiro atoms. The number of amides is 1. The van der Waals surface area contributed by atoms with Crippen molar-refractivity contribution < 1.29 is 4.79 Å². The summed E-state index contributed by atoms with van der Waals surface area (Å²) in [7, 11) is 0. The molecule has 2 heterocycles. The standard InChI is InChI=1S/C23H22N4O/c1-17-7-9-21(12-20(17)10-8-18-6-3-11-24-13-18)23(28)26-22-15-27(16-25-22)14-19-4-2-5-19/h3,6-7,9,11-13,15-16,19H,2,4-5,14H2,1H3,(H,26,28). The quantitative estimate of drug-likeness (QED) is 0.705. The van der Waals surface area contributed by atoms with Crippen molar-refractivity contribution in [1.29, 1.82) is 0 Å². The van der Waals surface area contributed by atoms with Crippen LogP contribution in [0.3, 0.4) is 0 Å². The number of benzene rings is 1. The summed E-state index contributed by atoms with van der Waals surface area (Å²) in [6, 6.07) is 9.30. The molecule has 1 aliphatic carbocycles. The third-order valence-electron chi connectivity index (χ3n) is 5.07. The smallest absolute Gasteiger partial charge is 0.256 e. The van der Waals surface area contributed by atoms with Gasteiger partial charge in [0.2, 0.25) is 0 Å². The van der Waals surface area contributed by atoms with Crippen molar-refractivity contribution in [3.8, 4) is 11.8 Å². The summed E-state index contributed by atoms with van der Waals surface area (Å²) in [5.74, 6) is 7.37. The van der Waals surface area contributed by atoms with Crippen molar-refractivity contribution in [3.05, 3.63) is 77.5 Å². The molecule has 1 N–H and O–H groups in total. The molecule has 0 radical (unpaired) electrons. The first-order valence-corrected chi connectivity index (χ1v) is 9.53. The Morgan fingerprint density at radius 1 is 1.29 bits per heavy atom. The number of carbonyl (C=O) groups excluding carboxylic acids is 1. The van der Waals surface area contributed by atoms with Crippen molar-refractivity contribution in [2.75, 3.05) is 5.32 Å². The number of imidazole rings is 1. The topological polar surface area (TPSA) is 59.8 Å². The van der Waals surface area contributed by atoms with E-state index in [0.717, 1.165) is 29.2 Å². The number of aromatic nitrogens is 3. The number of aryl methyl sites for hydroxylation is 1. The van der Waals surface area contributed by atoms with E-state index in [-0.39, 0.29) is 5.91 Å². The fraction of sp³-hybridized carbons (Fsp3) is 0.261. The number of pyridine rings is 1. The van der Waals surface area contributed by atoms with Gasteiger partial charge in [-0.2, -0.15) is 0 Å². The van der Waals surface area contributed by atoms with Gasteiger partial charge in [-0.25, -0.2) is 4.98 Å². The summed E-state index contributed by atoms with van der Waals surface area (Å²) in [6.45, 7) is 2.96. The number of rotatable bonds is 4. The molecule has 1 amide bonds. The van der Waals surface area contributed by atoms with Gasteiger partial charge in [0.25, 0.3) is 5.91 Å². The predicted octanol–water partition coefficient (Wildman–Crippen LogP) is 4.04. The normalized spacial score (nSPS) is 13.3. The lowest BCUT2D eigenvalue weighted by molar-refractivity contribution is 0.102. The first-order chi connectivity index (χ1) is 13.7. The van der Waals surface area contributed by atoms with Gasteiger partial charge in [-0.05, 0) is 55.5 Å². The number of hydrogen-bond acceptors (Lipinski definition) is 3. The summed E-state index contributed by atoms with van der Waals surface area (Å²) >= 11 is 0. The van der Waals surface area contributed by atoms with Crippen LogP contribution in [0.4, 0.5) is 5.82 Å². The van der Waals surface area contributed by atoms with Gasteiger partial charge in [-0.3, -0.25) is 9.78 Å². The van der Waals surface area contributed by atoms with Crippen molar-refractivity contribution >= 4 is 11.7 Å². The fourth-order valence-corrected chi connectivity index (χ4v) is 3.16. The minimum Gasteiger partial charge on any atom is -0.335 e. The van der Waals surface area contributed by atoms with Gasteiger partial charge in [0.05, 0.1) is 6.33 Å². The molecule has 1 aromatic carbocycles. The van der Waals surface area contributed by atoms with Crippen LogP contribution in [0.25, 0.3) is 0 Å². The van der Waals surface area contributed by atoms with Crippen LogP contribution < -0.4 is 5.32 Å². The van der Waals surface area contributed by atoms with Crippen molar-refractivity contribution in [1.82, 2.24) is 14.5 Å². The van der Waals surface area contributed by atoms with Crippen LogP contribution in [0.2, 0.25) is 0 Å². The van der Waals surface area contributed by atoms with E-state index >= 15 is 0 Å². The molecule has 5 nitrogen and oxygen atoms in total. The zero-order chi connectivity index (χ0) is 19.3. The van der Waals surface area contributed by atoms with E-state index in [1.165, 1.54) is 19.3 Å². The summed E-state index contributed by atoms with van der Waals surface area (Å²) < 4.78 is 2.05. The van der Waals surface area contributed by atoms with Crippen molar-refractivity contribution in [3.63, 3.8) is 0 Å². The van der Waals surface area contributed by atoms with Crippen LogP contribution in [-0.4, -0.2) is 20.4 Å². The monoisotopic (exact) mass is 370 g/mol.